The van der Waals surface area contributed by atoms with Crippen molar-refractivity contribution in [3.8, 4) is 0 Å². The third kappa shape index (κ3) is 2.97. The zero-order valence-electron chi connectivity index (χ0n) is 11.1. The van der Waals surface area contributed by atoms with E-state index in [4.69, 9.17) is 0 Å². The molecule has 1 heterocycles. The normalized spacial score (nSPS) is 10.8. The molecule has 0 aliphatic carbocycles. The molecule has 106 valence electrons. The molecule has 0 fully saturated rings. The maximum Gasteiger partial charge on any atom is 0.258 e. The summed E-state index contributed by atoms with van der Waals surface area (Å²) in [7, 11) is 0. The number of benzene rings is 2. The number of thiazole rings is 1. The Morgan fingerprint density at radius 1 is 1.24 bits per heavy atom. The lowest BCUT2D eigenvalue weighted by Crippen LogP contribution is -2.12. The molecule has 3 rings (SSSR count). The van der Waals surface area contributed by atoms with Crippen LogP contribution in [0.1, 0.15) is 10.4 Å². The summed E-state index contributed by atoms with van der Waals surface area (Å²) in [4.78, 5) is 17.8. The second-order valence-corrected chi connectivity index (χ2v) is 6.99. The number of anilines is 1. The van der Waals surface area contributed by atoms with E-state index in [2.05, 4.69) is 26.2 Å². The maximum absolute atomic E-state index is 12.4. The Balaban J connectivity index is 1.91. The molecule has 1 aromatic heterocycles. The summed E-state index contributed by atoms with van der Waals surface area (Å²) in [5, 5.41) is 3.49. The molecule has 0 spiro atoms. The topological polar surface area (TPSA) is 42.0 Å². The lowest BCUT2D eigenvalue weighted by atomic mass is 10.2. The third-order valence-electron chi connectivity index (χ3n) is 2.94. The highest BCUT2D eigenvalue weighted by Gasteiger charge is 2.13. The van der Waals surface area contributed by atoms with E-state index in [0.29, 0.717) is 10.7 Å². The van der Waals surface area contributed by atoms with Gasteiger partial charge in [-0.25, -0.2) is 4.98 Å². The van der Waals surface area contributed by atoms with Crippen LogP contribution in [0.3, 0.4) is 0 Å². The van der Waals surface area contributed by atoms with Gasteiger partial charge < -0.3 is 0 Å². The van der Waals surface area contributed by atoms with Crippen molar-refractivity contribution in [2.75, 3.05) is 11.6 Å². The van der Waals surface area contributed by atoms with Crippen LogP contribution in [0.15, 0.2) is 51.8 Å². The summed E-state index contributed by atoms with van der Waals surface area (Å²) in [5.41, 5.74) is 1.54. The van der Waals surface area contributed by atoms with Crippen LogP contribution in [0.5, 0.6) is 0 Å². The second kappa shape index (κ2) is 6.17. The largest absolute Gasteiger partial charge is 0.298 e. The lowest BCUT2D eigenvalue weighted by molar-refractivity contribution is 0.102. The molecule has 6 heteroatoms. The average molecular weight is 379 g/mol. The van der Waals surface area contributed by atoms with E-state index >= 15 is 0 Å². The van der Waals surface area contributed by atoms with E-state index in [0.717, 1.165) is 19.6 Å². The van der Waals surface area contributed by atoms with Crippen molar-refractivity contribution in [1.29, 1.82) is 0 Å². The monoisotopic (exact) mass is 378 g/mol. The van der Waals surface area contributed by atoms with Gasteiger partial charge in [-0.3, -0.25) is 10.1 Å². The first-order valence-electron chi connectivity index (χ1n) is 6.18. The van der Waals surface area contributed by atoms with E-state index in [1.807, 2.05) is 48.7 Å². The van der Waals surface area contributed by atoms with Gasteiger partial charge in [0.05, 0.1) is 15.8 Å². The number of amides is 1. The van der Waals surface area contributed by atoms with Crippen LogP contribution >= 0.6 is 39.0 Å². The van der Waals surface area contributed by atoms with Gasteiger partial charge in [0.1, 0.15) is 0 Å². The van der Waals surface area contributed by atoms with Gasteiger partial charge in [0, 0.05) is 9.37 Å². The van der Waals surface area contributed by atoms with Crippen molar-refractivity contribution in [2.45, 2.75) is 4.90 Å². The van der Waals surface area contributed by atoms with E-state index in [9.17, 15) is 4.79 Å². The Kier molecular flexibility index (Phi) is 4.28. The van der Waals surface area contributed by atoms with Crippen LogP contribution < -0.4 is 5.32 Å². The Morgan fingerprint density at radius 2 is 2.05 bits per heavy atom. The summed E-state index contributed by atoms with van der Waals surface area (Å²) in [5.74, 6) is -0.130. The minimum absolute atomic E-state index is 0.130. The van der Waals surface area contributed by atoms with Gasteiger partial charge in [0.15, 0.2) is 5.13 Å². The minimum Gasteiger partial charge on any atom is -0.298 e. The third-order valence-corrected chi connectivity index (χ3v) is 5.31. The van der Waals surface area contributed by atoms with Crippen molar-refractivity contribution >= 4 is 60.3 Å². The number of nitrogens with one attached hydrogen (secondary N) is 1. The summed E-state index contributed by atoms with van der Waals surface area (Å²) in [6.07, 6.45) is 1.96. The van der Waals surface area contributed by atoms with Crippen LogP contribution in [-0.2, 0) is 0 Å². The fourth-order valence-electron chi connectivity index (χ4n) is 1.97. The summed E-state index contributed by atoms with van der Waals surface area (Å²) in [6.45, 7) is 0. The molecule has 21 heavy (non-hydrogen) atoms. The average Bonchev–Trinajstić information content (AvgIpc) is 2.91. The van der Waals surface area contributed by atoms with E-state index in [1.165, 1.54) is 11.3 Å². The Bertz CT molecular complexity index is 816. The molecule has 3 aromatic rings. The minimum atomic E-state index is -0.130. The van der Waals surface area contributed by atoms with Crippen LogP contribution in [0.2, 0.25) is 0 Å². The van der Waals surface area contributed by atoms with Gasteiger partial charge >= 0.3 is 0 Å². The first-order valence-corrected chi connectivity index (χ1v) is 9.02. The number of nitrogens with zero attached hydrogens (tertiary/aromatic N) is 1. The summed E-state index contributed by atoms with van der Waals surface area (Å²) >= 11 is 6.50. The molecule has 3 nitrogen and oxygen atoms in total. The van der Waals surface area contributed by atoms with Gasteiger partial charge in [0.2, 0.25) is 0 Å². The number of rotatable bonds is 3. The van der Waals surface area contributed by atoms with Gasteiger partial charge in [-0.2, -0.15) is 0 Å². The molecule has 0 atom stereocenters. The van der Waals surface area contributed by atoms with Crippen LogP contribution in [-0.4, -0.2) is 17.1 Å². The number of hydrogen-bond acceptors (Lipinski definition) is 4. The van der Waals surface area contributed by atoms with Crippen molar-refractivity contribution < 1.29 is 4.79 Å². The highest BCUT2D eigenvalue weighted by Crippen LogP contribution is 2.31. The molecule has 1 N–H and O–H groups in total. The van der Waals surface area contributed by atoms with Crippen LogP contribution in [0, 0.1) is 0 Å². The molecule has 0 aliphatic rings. The number of hydrogen-bond donors (Lipinski definition) is 1. The molecule has 0 radical (unpaired) electrons. The number of para-hydroxylation sites is 1. The smallest absolute Gasteiger partial charge is 0.258 e. The Labute approximate surface area is 138 Å². The van der Waals surface area contributed by atoms with Gasteiger partial charge in [-0.05, 0) is 46.5 Å². The van der Waals surface area contributed by atoms with Gasteiger partial charge in [-0.1, -0.05) is 29.5 Å². The maximum atomic E-state index is 12.4. The zero-order valence-corrected chi connectivity index (χ0v) is 14.3. The van der Waals surface area contributed by atoms with Crippen molar-refractivity contribution in [3.63, 3.8) is 0 Å². The summed E-state index contributed by atoms with van der Waals surface area (Å²) < 4.78 is 1.97. The van der Waals surface area contributed by atoms with Gasteiger partial charge in [0.25, 0.3) is 5.91 Å². The molecule has 0 saturated carbocycles. The number of carbonyl (C=O) groups is 1. The van der Waals surface area contributed by atoms with Crippen molar-refractivity contribution in [1.82, 2.24) is 4.98 Å². The first kappa shape index (κ1) is 14.6. The van der Waals surface area contributed by atoms with E-state index in [-0.39, 0.29) is 5.91 Å². The summed E-state index contributed by atoms with van der Waals surface area (Å²) in [6, 6.07) is 13.4. The predicted octanol–water partition coefficient (Wildman–Crippen LogP) is 5.03. The lowest BCUT2D eigenvalue weighted by Gasteiger charge is -2.05. The molecular weight excluding hydrogens is 368 g/mol. The fourth-order valence-corrected chi connectivity index (χ4v) is 4.03. The molecule has 0 saturated heterocycles. The quantitative estimate of drug-likeness (QED) is 0.649. The SMILES string of the molecule is CSc1ccccc1C(=O)Nc1nc2c(Br)cccc2s1. The van der Waals surface area contributed by atoms with E-state index in [1.54, 1.807) is 11.8 Å². The highest BCUT2D eigenvalue weighted by atomic mass is 79.9. The second-order valence-electron chi connectivity index (χ2n) is 4.26. The highest BCUT2D eigenvalue weighted by molar-refractivity contribution is 9.10. The molecular formula is C15H11BrN2OS2. The molecule has 0 aliphatic heterocycles. The van der Waals surface area contributed by atoms with Crippen molar-refractivity contribution in [3.05, 3.63) is 52.5 Å². The molecule has 1 amide bonds. The predicted molar refractivity (Wildman–Crippen MR) is 93.5 cm³/mol. The Morgan fingerprint density at radius 3 is 2.81 bits per heavy atom. The number of aromatic nitrogens is 1. The van der Waals surface area contributed by atoms with Crippen molar-refractivity contribution in [2.24, 2.45) is 0 Å². The van der Waals surface area contributed by atoms with E-state index < -0.39 is 0 Å². The number of thioether (sulfide) groups is 1. The number of carbonyl (C=O) groups excluding carboxylic acids is 1. The molecule has 0 unspecified atom stereocenters. The fraction of sp³-hybridized carbons (Fsp3) is 0.0667. The molecule has 2 aromatic carbocycles. The number of halogens is 1. The van der Waals surface area contributed by atoms with Crippen LogP contribution in [0.25, 0.3) is 10.2 Å². The van der Waals surface area contributed by atoms with Crippen LogP contribution in [0.4, 0.5) is 5.13 Å². The standard InChI is InChI=1S/C15H11BrN2OS2/c1-20-11-7-3-2-5-9(11)14(19)18-15-17-13-10(16)6-4-8-12(13)21-15/h2-8H,1H3,(H,17,18,19). The Hall–Kier alpha value is -1.37. The van der Waals surface area contributed by atoms with Gasteiger partial charge in [-0.15, -0.1) is 11.8 Å². The zero-order chi connectivity index (χ0) is 14.8. The number of fused-ring (bicyclic) bond motifs is 1. The molecule has 0 bridgehead atoms. The first-order chi connectivity index (χ1) is 10.2.